The number of aliphatic imine (C=N–C) groups is 2. The van der Waals surface area contributed by atoms with Gasteiger partial charge in [0.25, 0.3) is 0 Å². The number of nitrogens with two attached hydrogens (primary N) is 1. The number of hydrogen-bond donors (Lipinski definition) is 2. The number of allylic oxidation sites excluding steroid dienone is 3. The van der Waals surface area contributed by atoms with Crippen molar-refractivity contribution in [3.63, 3.8) is 0 Å². The van der Waals surface area contributed by atoms with E-state index < -0.39 is 5.97 Å². The summed E-state index contributed by atoms with van der Waals surface area (Å²) in [6.45, 7) is 8.66. The number of hydrogen-bond acceptors (Lipinski definition) is 4. The zero-order valence-electron chi connectivity index (χ0n) is 9.40. The van der Waals surface area contributed by atoms with Crippen LogP contribution >= 0.6 is 0 Å². The molecule has 3 N–H and O–H groups in total. The van der Waals surface area contributed by atoms with Crippen LogP contribution in [0.1, 0.15) is 6.92 Å². The third-order valence-corrected chi connectivity index (χ3v) is 1.56. The summed E-state index contributed by atoms with van der Waals surface area (Å²) >= 11 is 0. The second-order valence-electron chi connectivity index (χ2n) is 3.03. The monoisotopic (exact) mass is 221 g/mol. The molecule has 0 aromatic rings. The van der Waals surface area contributed by atoms with Gasteiger partial charge in [-0.3, -0.25) is 4.99 Å². The standard InChI is InChI=1S/C11H15N3O2/c1-7(6-14-9(3)11(15)16)10(13-4)5-8(2)12/h5-6H,1,3,12H2,2,4H3,(H,15,16). The number of carboxylic acids is 1. The largest absolute Gasteiger partial charge is 0.477 e. The highest BCUT2D eigenvalue weighted by molar-refractivity contribution is 6.21. The van der Waals surface area contributed by atoms with Crippen molar-refractivity contribution in [1.29, 1.82) is 0 Å². The summed E-state index contributed by atoms with van der Waals surface area (Å²) in [5.41, 5.74) is 6.82. The van der Waals surface area contributed by atoms with Crippen molar-refractivity contribution in [1.82, 2.24) is 0 Å². The second-order valence-corrected chi connectivity index (χ2v) is 3.03. The fourth-order valence-corrected chi connectivity index (χ4v) is 0.794. The lowest BCUT2D eigenvalue weighted by Crippen LogP contribution is -2.04. The maximum Gasteiger partial charge on any atom is 0.353 e. The Balaban J connectivity index is 4.77. The van der Waals surface area contributed by atoms with Crippen LogP contribution < -0.4 is 5.73 Å². The quantitative estimate of drug-likeness (QED) is 0.539. The van der Waals surface area contributed by atoms with Crippen LogP contribution in [0.15, 0.2) is 46.2 Å². The maximum atomic E-state index is 10.4. The highest BCUT2D eigenvalue weighted by Gasteiger charge is 2.02. The lowest BCUT2D eigenvalue weighted by molar-refractivity contribution is -0.132. The molecule has 0 aromatic carbocycles. The van der Waals surface area contributed by atoms with Crippen molar-refractivity contribution in [3.8, 4) is 0 Å². The van der Waals surface area contributed by atoms with E-state index in [1.807, 2.05) is 0 Å². The molecular weight excluding hydrogens is 206 g/mol. The van der Waals surface area contributed by atoms with E-state index in [0.717, 1.165) is 0 Å². The van der Waals surface area contributed by atoms with Crippen LogP contribution in [0.3, 0.4) is 0 Å². The molecule has 0 aliphatic rings. The van der Waals surface area contributed by atoms with E-state index in [0.29, 0.717) is 17.0 Å². The van der Waals surface area contributed by atoms with Crippen LogP contribution in [0.4, 0.5) is 0 Å². The summed E-state index contributed by atoms with van der Waals surface area (Å²) in [7, 11) is 1.58. The Morgan fingerprint density at radius 3 is 2.38 bits per heavy atom. The molecule has 5 heteroatoms. The number of rotatable bonds is 5. The topological polar surface area (TPSA) is 88.0 Å². The SMILES string of the molecule is C=C(C=NC(=C)C(=O)O)C(C=C(C)N)=NC. The van der Waals surface area contributed by atoms with Gasteiger partial charge in [-0.25, -0.2) is 9.79 Å². The van der Waals surface area contributed by atoms with Gasteiger partial charge in [0.1, 0.15) is 5.70 Å². The first kappa shape index (κ1) is 13.8. The van der Waals surface area contributed by atoms with Gasteiger partial charge in [-0.05, 0) is 13.0 Å². The molecule has 0 fully saturated rings. The Morgan fingerprint density at radius 2 is 2.00 bits per heavy atom. The molecule has 16 heavy (non-hydrogen) atoms. The smallest absolute Gasteiger partial charge is 0.353 e. The number of aliphatic carboxylic acids is 1. The van der Waals surface area contributed by atoms with Gasteiger partial charge in [0, 0.05) is 24.5 Å². The summed E-state index contributed by atoms with van der Waals surface area (Å²) in [5, 5.41) is 8.53. The average molecular weight is 221 g/mol. The van der Waals surface area contributed by atoms with E-state index in [-0.39, 0.29) is 5.70 Å². The summed E-state index contributed by atoms with van der Waals surface area (Å²) in [6, 6.07) is 0. The minimum absolute atomic E-state index is 0.259. The highest BCUT2D eigenvalue weighted by atomic mass is 16.4. The highest BCUT2D eigenvalue weighted by Crippen LogP contribution is 1.99. The molecular formula is C11H15N3O2. The van der Waals surface area contributed by atoms with Gasteiger partial charge in [0.2, 0.25) is 0 Å². The number of nitrogens with zero attached hydrogens (tertiary/aromatic N) is 2. The summed E-state index contributed by atoms with van der Waals surface area (Å²) in [5.74, 6) is -1.18. The van der Waals surface area contributed by atoms with Gasteiger partial charge in [0.15, 0.2) is 0 Å². The Hall–Kier alpha value is -2.17. The Bertz CT molecular complexity index is 399. The van der Waals surface area contributed by atoms with Crippen molar-refractivity contribution < 1.29 is 9.90 Å². The molecule has 0 aliphatic heterocycles. The zero-order valence-corrected chi connectivity index (χ0v) is 9.40. The molecule has 0 spiro atoms. The zero-order chi connectivity index (χ0) is 12.7. The van der Waals surface area contributed by atoms with Gasteiger partial charge in [-0.1, -0.05) is 13.2 Å². The first-order chi connectivity index (χ1) is 7.38. The third kappa shape index (κ3) is 4.90. The van der Waals surface area contributed by atoms with Gasteiger partial charge < -0.3 is 10.8 Å². The van der Waals surface area contributed by atoms with Crippen LogP contribution in [0.2, 0.25) is 0 Å². The molecule has 0 rings (SSSR count). The first-order valence-corrected chi connectivity index (χ1v) is 4.44. The summed E-state index contributed by atoms with van der Waals surface area (Å²) in [4.78, 5) is 18.0. The van der Waals surface area contributed by atoms with E-state index >= 15 is 0 Å². The van der Waals surface area contributed by atoms with E-state index in [4.69, 9.17) is 10.8 Å². The van der Waals surface area contributed by atoms with Gasteiger partial charge >= 0.3 is 5.97 Å². The first-order valence-electron chi connectivity index (χ1n) is 4.44. The van der Waals surface area contributed by atoms with Crippen LogP contribution in [-0.2, 0) is 4.79 Å². The molecule has 0 unspecified atom stereocenters. The minimum atomic E-state index is -1.18. The van der Waals surface area contributed by atoms with Crippen molar-refractivity contribution in [3.05, 3.63) is 36.2 Å². The lowest BCUT2D eigenvalue weighted by Gasteiger charge is -2.00. The predicted octanol–water partition coefficient (Wildman–Crippen LogP) is 1.14. The van der Waals surface area contributed by atoms with E-state index in [2.05, 4.69) is 23.1 Å². The van der Waals surface area contributed by atoms with Gasteiger partial charge in [-0.2, -0.15) is 0 Å². The van der Waals surface area contributed by atoms with Crippen molar-refractivity contribution >= 4 is 17.9 Å². The molecule has 0 saturated heterocycles. The Kier molecular flexibility index (Phi) is 5.48. The molecule has 0 aromatic heterocycles. The summed E-state index contributed by atoms with van der Waals surface area (Å²) in [6.07, 6.45) is 2.91. The van der Waals surface area contributed by atoms with Crippen LogP contribution in [0, 0.1) is 0 Å². The van der Waals surface area contributed by atoms with E-state index in [9.17, 15) is 4.79 Å². The van der Waals surface area contributed by atoms with Gasteiger partial charge in [0.05, 0.1) is 5.71 Å². The second kappa shape index (κ2) is 6.34. The van der Waals surface area contributed by atoms with E-state index in [1.165, 1.54) is 6.21 Å². The molecule has 0 aliphatic carbocycles. The van der Waals surface area contributed by atoms with Crippen LogP contribution in [0.25, 0.3) is 0 Å². The molecule has 0 radical (unpaired) electrons. The van der Waals surface area contributed by atoms with Crippen molar-refractivity contribution in [2.24, 2.45) is 15.7 Å². The maximum absolute atomic E-state index is 10.4. The normalized spacial score (nSPS) is 12.9. The number of carbonyl (C=O) groups is 1. The minimum Gasteiger partial charge on any atom is -0.477 e. The van der Waals surface area contributed by atoms with Crippen LogP contribution in [0.5, 0.6) is 0 Å². The predicted molar refractivity (Wildman–Crippen MR) is 65.7 cm³/mol. The molecule has 86 valence electrons. The molecule has 0 saturated carbocycles. The fraction of sp³-hybridized carbons (Fsp3) is 0.182. The average Bonchev–Trinajstić information content (AvgIpc) is 2.21. The Morgan fingerprint density at radius 1 is 1.44 bits per heavy atom. The van der Waals surface area contributed by atoms with E-state index in [1.54, 1.807) is 20.0 Å². The Labute approximate surface area is 94.4 Å². The van der Waals surface area contributed by atoms with Gasteiger partial charge in [-0.15, -0.1) is 0 Å². The fourth-order valence-electron chi connectivity index (χ4n) is 0.794. The molecule has 0 amide bonds. The van der Waals surface area contributed by atoms with Crippen molar-refractivity contribution in [2.45, 2.75) is 6.92 Å². The lowest BCUT2D eigenvalue weighted by atomic mass is 10.1. The summed E-state index contributed by atoms with van der Waals surface area (Å²) < 4.78 is 0. The van der Waals surface area contributed by atoms with Crippen molar-refractivity contribution in [2.75, 3.05) is 7.05 Å². The molecule has 0 bridgehead atoms. The molecule has 0 heterocycles. The van der Waals surface area contributed by atoms with Crippen LogP contribution in [-0.4, -0.2) is 30.0 Å². The molecule has 0 atom stereocenters. The number of carboxylic acid groups (broad SMARTS) is 1. The molecule has 5 nitrogen and oxygen atoms in total. The third-order valence-electron chi connectivity index (χ3n) is 1.56.